The van der Waals surface area contributed by atoms with Gasteiger partial charge in [0.1, 0.15) is 11.6 Å². The van der Waals surface area contributed by atoms with Gasteiger partial charge in [0.05, 0.1) is 6.42 Å². The van der Waals surface area contributed by atoms with E-state index in [1.165, 1.54) is 0 Å². The van der Waals surface area contributed by atoms with Crippen LogP contribution in [0.4, 0.5) is 8.78 Å². The second-order valence-corrected chi connectivity index (χ2v) is 4.23. The average Bonchev–Trinajstić information content (AvgIpc) is 2.40. The SMILES string of the molecule is O=C(O)CC(c1ccccc1)c1cc(F)ccc1F. The van der Waals surface area contributed by atoms with Crippen molar-refractivity contribution in [1.29, 1.82) is 0 Å². The Bertz CT molecular complexity index is 582. The van der Waals surface area contributed by atoms with Gasteiger partial charge in [0.15, 0.2) is 0 Å². The molecule has 0 aromatic heterocycles. The molecular formula is C15H12F2O2. The smallest absolute Gasteiger partial charge is 0.304 e. The van der Waals surface area contributed by atoms with Crippen molar-refractivity contribution in [2.24, 2.45) is 0 Å². The summed E-state index contributed by atoms with van der Waals surface area (Å²) < 4.78 is 27.0. The lowest BCUT2D eigenvalue weighted by Gasteiger charge is -2.16. The van der Waals surface area contributed by atoms with E-state index in [1.807, 2.05) is 0 Å². The van der Waals surface area contributed by atoms with Crippen LogP contribution in [0.2, 0.25) is 0 Å². The normalized spacial score (nSPS) is 12.1. The summed E-state index contributed by atoms with van der Waals surface area (Å²) in [6.07, 6.45) is -0.287. The lowest BCUT2D eigenvalue weighted by atomic mass is 9.88. The van der Waals surface area contributed by atoms with Gasteiger partial charge in [-0.05, 0) is 29.3 Å². The van der Waals surface area contributed by atoms with Crippen LogP contribution in [0, 0.1) is 11.6 Å². The summed E-state index contributed by atoms with van der Waals surface area (Å²) in [5.74, 6) is -2.94. The Morgan fingerprint density at radius 3 is 2.42 bits per heavy atom. The van der Waals surface area contributed by atoms with Gasteiger partial charge >= 0.3 is 5.97 Å². The van der Waals surface area contributed by atoms with Crippen LogP contribution < -0.4 is 0 Å². The zero-order valence-electron chi connectivity index (χ0n) is 10.0. The highest BCUT2D eigenvalue weighted by atomic mass is 19.1. The highest BCUT2D eigenvalue weighted by Gasteiger charge is 2.21. The Kier molecular flexibility index (Phi) is 3.90. The van der Waals surface area contributed by atoms with Gasteiger partial charge in [0, 0.05) is 5.92 Å². The molecule has 0 bridgehead atoms. The molecular weight excluding hydrogens is 250 g/mol. The molecule has 2 nitrogen and oxygen atoms in total. The summed E-state index contributed by atoms with van der Waals surface area (Å²) in [6.45, 7) is 0. The fourth-order valence-corrected chi connectivity index (χ4v) is 2.05. The molecule has 0 fully saturated rings. The standard InChI is InChI=1S/C15H12F2O2/c16-11-6-7-14(17)13(8-11)12(9-15(18)19)10-4-2-1-3-5-10/h1-8,12H,9H2,(H,18,19). The molecule has 0 aliphatic rings. The van der Waals surface area contributed by atoms with Crippen molar-refractivity contribution in [3.05, 3.63) is 71.3 Å². The minimum atomic E-state index is -1.06. The number of hydrogen-bond acceptors (Lipinski definition) is 1. The van der Waals surface area contributed by atoms with Crippen LogP contribution in [0.1, 0.15) is 23.5 Å². The molecule has 2 rings (SSSR count). The molecule has 0 saturated heterocycles. The third kappa shape index (κ3) is 3.16. The third-order valence-corrected chi connectivity index (χ3v) is 2.91. The molecule has 0 aliphatic carbocycles. The van der Waals surface area contributed by atoms with Gasteiger partial charge in [-0.2, -0.15) is 0 Å². The van der Waals surface area contributed by atoms with E-state index in [-0.39, 0.29) is 12.0 Å². The zero-order chi connectivity index (χ0) is 13.8. The Morgan fingerprint density at radius 1 is 1.11 bits per heavy atom. The Morgan fingerprint density at radius 2 is 1.79 bits per heavy atom. The third-order valence-electron chi connectivity index (χ3n) is 2.91. The maximum Gasteiger partial charge on any atom is 0.304 e. The van der Waals surface area contributed by atoms with E-state index in [1.54, 1.807) is 30.3 Å². The van der Waals surface area contributed by atoms with Crippen molar-refractivity contribution in [2.75, 3.05) is 0 Å². The van der Waals surface area contributed by atoms with Crippen LogP contribution in [0.5, 0.6) is 0 Å². The van der Waals surface area contributed by atoms with Crippen LogP contribution in [-0.4, -0.2) is 11.1 Å². The second-order valence-electron chi connectivity index (χ2n) is 4.23. The van der Waals surface area contributed by atoms with Crippen molar-refractivity contribution in [1.82, 2.24) is 0 Å². The largest absolute Gasteiger partial charge is 0.481 e. The highest BCUT2D eigenvalue weighted by molar-refractivity contribution is 5.69. The van der Waals surface area contributed by atoms with Crippen molar-refractivity contribution in [2.45, 2.75) is 12.3 Å². The first-order valence-corrected chi connectivity index (χ1v) is 5.79. The zero-order valence-corrected chi connectivity index (χ0v) is 10.0. The van der Waals surface area contributed by atoms with E-state index in [0.717, 1.165) is 18.2 Å². The molecule has 1 unspecified atom stereocenters. The fraction of sp³-hybridized carbons (Fsp3) is 0.133. The van der Waals surface area contributed by atoms with Crippen molar-refractivity contribution < 1.29 is 18.7 Å². The minimum absolute atomic E-state index is 0.0635. The van der Waals surface area contributed by atoms with Crippen molar-refractivity contribution in [3.8, 4) is 0 Å². The number of hydrogen-bond donors (Lipinski definition) is 1. The molecule has 0 heterocycles. The summed E-state index contributed by atoms with van der Waals surface area (Å²) >= 11 is 0. The fourth-order valence-electron chi connectivity index (χ4n) is 2.05. The van der Waals surface area contributed by atoms with Crippen LogP contribution in [0.15, 0.2) is 48.5 Å². The number of aliphatic carboxylic acids is 1. The average molecular weight is 262 g/mol. The number of carboxylic acid groups (broad SMARTS) is 1. The maximum absolute atomic E-state index is 13.8. The molecule has 0 spiro atoms. The van der Waals surface area contributed by atoms with Gasteiger partial charge in [-0.15, -0.1) is 0 Å². The monoisotopic (exact) mass is 262 g/mol. The van der Waals surface area contributed by atoms with Crippen LogP contribution in [0.25, 0.3) is 0 Å². The molecule has 0 radical (unpaired) electrons. The highest BCUT2D eigenvalue weighted by Crippen LogP contribution is 2.30. The van der Waals surface area contributed by atoms with Crippen LogP contribution >= 0.6 is 0 Å². The Balaban J connectivity index is 2.48. The molecule has 4 heteroatoms. The topological polar surface area (TPSA) is 37.3 Å². The van der Waals surface area contributed by atoms with E-state index in [9.17, 15) is 13.6 Å². The lowest BCUT2D eigenvalue weighted by Crippen LogP contribution is -2.10. The van der Waals surface area contributed by atoms with Gasteiger partial charge in [-0.25, -0.2) is 8.78 Å². The predicted molar refractivity (Wildman–Crippen MR) is 66.9 cm³/mol. The summed E-state index contributed by atoms with van der Waals surface area (Å²) in [5, 5.41) is 8.95. The predicted octanol–water partition coefficient (Wildman–Crippen LogP) is 3.57. The summed E-state index contributed by atoms with van der Waals surface area (Å²) in [5.41, 5.74) is 0.711. The molecule has 98 valence electrons. The first-order valence-electron chi connectivity index (χ1n) is 5.79. The van der Waals surface area contributed by atoms with Crippen LogP contribution in [0.3, 0.4) is 0 Å². The number of carboxylic acids is 1. The minimum Gasteiger partial charge on any atom is -0.481 e. The van der Waals surface area contributed by atoms with Crippen molar-refractivity contribution >= 4 is 5.97 Å². The first kappa shape index (κ1) is 13.2. The number of rotatable bonds is 4. The number of carbonyl (C=O) groups is 1. The molecule has 2 aromatic carbocycles. The summed E-state index contributed by atoms with van der Waals surface area (Å²) in [6, 6.07) is 11.8. The molecule has 1 N–H and O–H groups in total. The van der Waals surface area contributed by atoms with E-state index >= 15 is 0 Å². The van der Waals surface area contributed by atoms with Gasteiger partial charge in [-0.3, -0.25) is 4.79 Å². The number of halogens is 2. The number of benzene rings is 2. The molecule has 0 saturated carbocycles. The van der Waals surface area contributed by atoms with E-state index < -0.39 is 23.5 Å². The molecule has 0 aliphatic heterocycles. The summed E-state index contributed by atoms with van der Waals surface area (Å²) in [4.78, 5) is 10.9. The molecule has 2 aromatic rings. The maximum atomic E-state index is 13.8. The van der Waals surface area contributed by atoms with E-state index in [2.05, 4.69) is 0 Å². The van der Waals surface area contributed by atoms with E-state index in [0.29, 0.717) is 5.56 Å². The lowest BCUT2D eigenvalue weighted by molar-refractivity contribution is -0.137. The Hall–Kier alpha value is -2.23. The van der Waals surface area contributed by atoms with Gasteiger partial charge in [-0.1, -0.05) is 30.3 Å². The van der Waals surface area contributed by atoms with Crippen LogP contribution in [-0.2, 0) is 4.79 Å². The van der Waals surface area contributed by atoms with Gasteiger partial charge in [0.25, 0.3) is 0 Å². The molecule has 1 atom stereocenters. The summed E-state index contributed by atoms with van der Waals surface area (Å²) in [7, 11) is 0. The Labute approximate surface area is 109 Å². The van der Waals surface area contributed by atoms with E-state index in [4.69, 9.17) is 5.11 Å². The molecule has 0 amide bonds. The quantitative estimate of drug-likeness (QED) is 0.914. The second kappa shape index (κ2) is 5.61. The van der Waals surface area contributed by atoms with Crippen molar-refractivity contribution in [3.63, 3.8) is 0 Å². The van der Waals surface area contributed by atoms with Gasteiger partial charge < -0.3 is 5.11 Å². The van der Waals surface area contributed by atoms with Gasteiger partial charge in [0.2, 0.25) is 0 Å². The molecule has 19 heavy (non-hydrogen) atoms. The first-order chi connectivity index (χ1) is 9.08.